The minimum atomic E-state index is -0.646. The summed E-state index contributed by atoms with van der Waals surface area (Å²) < 4.78 is 0. The number of carboxylic acid groups (broad SMARTS) is 1. The van der Waals surface area contributed by atoms with Crippen molar-refractivity contribution in [3.63, 3.8) is 0 Å². The monoisotopic (exact) mass is 228 g/mol. The van der Waals surface area contributed by atoms with Crippen molar-refractivity contribution in [1.82, 2.24) is 0 Å². The normalized spacial score (nSPS) is 21.1. The van der Waals surface area contributed by atoms with Crippen molar-refractivity contribution in [3.8, 4) is 0 Å². The largest absolute Gasteiger partial charge is 0.481 e. The first-order chi connectivity index (χ1) is 7.72. The van der Waals surface area contributed by atoms with Gasteiger partial charge >= 0.3 is 5.97 Å². The van der Waals surface area contributed by atoms with E-state index in [1.54, 1.807) is 0 Å². The summed E-state index contributed by atoms with van der Waals surface area (Å²) >= 11 is 0. The lowest BCUT2D eigenvalue weighted by Gasteiger charge is -2.21. The van der Waals surface area contributed by atoms with Gasteiger partial charge in [-0.25, -0.2) is 0 Å². The summed E-state index contributed by atoms with van der Waals surface area (Å²) in [6, 6.07) is 0. The third-order valence-electron chi connectivity index (χ3n) is 3.72. The molecule has 0 aromatic carbocycles. The van der Waals surface area contributed by atoms with Gasteiger partial charge in [0.25, 0.3) is 0 Å². The van der Waals surface area contributed by atoms with E-state index >= 15 is 0 Å². The zero-order valence-electron chi connectivity index (χ0n) is 10.0. The molecule has 0 aromatic heterocycles. The number of carbonyl (C=O) groups is 1. The van der Waals surface area contributed by atoms with Gasteiger partial charge in [0.1, 0.15) is 0 Å². The Labute approximate surface area is 97.9 Å². The molecule has 0 radical (unpaired) electrons. The summed E-state index contributed by atoms with van der Waals surface area (Å²) in [7, 11) is 0. The highest BCUT2D eigenvalue weighted by Crippen LogP contribution is 2.28. The van der Waals surface area contributed by atoms with Gasteiger partial charge in [-0.2, -0.15) is 0 Å². The second kappa shape index (κ2) is 7.66. The molecule has 16 heavy (non-hydrogen) atoms. The molecule has 0 heterocycles. The van der Waals surface area contributed by atoms with Crippen LogP contribution in [0.5, 0.6) is 0 Å². The van der Waals surface area contributed by atoms with Gasteiger partial charge in [-0.1, -0.05) is 32.1 Å². The molecule has 0 spiro atoms. The van der Waals surface area contributed by atoms with Crippen molar-refractivity contribution in [2.45, 2.75) is 57.8 Å². The highest BCUT2D eigenvalue weighted by Gasteiger charge is 2.15. The molecule has 2 N–H and O–H groups in total. The first-order valence-electron chi connectivity index (χ1n) is 6.55. The number of rotatable bonds is 4. The minimum Gasteiger partial charge on any atom is -0.481 e. The van der Waals surface area contributed by atoms with E-state index in [-0.39, 0.29) is 0 Å². The fraction of sp³-hybridized carbons (Fsp3) is 0.923. The maximum Gasteiger partial charge on any atom is 0.303 e. The fourth-order valence-corrected chi connectivity index (χ4v) is 2.30. The van der Waals surface area contributed by atoms with Gasteiger partial charge in [0.05, 0.1) is 0 Å². The van der Waals surface area contributed by atoms with Crippen LogP contribution < -0.4 is 0 Å². The highest BCUT2D eigenvalue weighted by molar-refractivity contribution is 5.66. The van der Waals surface area contributed by atoms with Crippen LogP contribution >= 0.6 is 0 Å². The molecule has 94 valence electrons. The summed E-state index contributed by atoms with van der Waals surface area (Å²) in [5.74, 6) is 0.744. The Bertz CT molecular complexity index is 191. The smallest absolute Gasteiger partial charge is 0.303 e. The van der Waals surface area contributed by atoms with Crippen molar-refractivity contribution in [2.75, 3.05) is 6.61 Å². The molecule has 2 aliphatic rings. The lowest BCUT2D eigenvalue weighted by atomic mass is 9.86. The summed E-state index contributed by atoms with van der Waals surface area (Å²) in [5.41, 5.74) is 0. The second-order valence-corrected chi connectivity index (χ2v) is 5.06. The third-order valence-corrected chi connectivity index (χ3v) is 3.72. The Balaban J connectivity index is 0.000000181. The topological polar surface area (TPSA) is 57.5 Å². The number of hydrogen-bond acceptors (Lipinski definition) is 2. The molecular weight excluding hydrogens is 204 g/mol. The van der Waals surface area contributed by atoms with Crippen molar-refractivity contribution >= 4 is 5.97 Å². The molecule has 3 nitrogen and oxygen atoms in total. The van der Waals surface area contributed by atoms with Gasteiger partial charge in [0.2, 0.25) is 0 Å². The van der Waals surface area contributed by atoms with Gasteiger partial charge in [-0.15, -0.1) is 0 Å². The van der Waals surface area contributed by atoms with Crippen molar-refractivity contribution in [2.24, 2.45) is 11.8 Å². The number of aliphatic hydroxyl groups is 1. The minimum absolute atomic E-state index is 0.366. The van der Waals surface area contributed by atoms with E-state index in [1.165, 1.54) is 44.9 Å². The maximum atomic E-state index is 10.2. The molecule has 3 heteroatoms. The molecule has 0 amide bonds. The fourth-order valence-electron chi connectivity index (χ4n) is 2.30. The summed E-state index contributed by atoms with van der Waals surface area (Å²) in [6.45, 7) is 0.417. The van der Waals surface area contributed by atoms with Gasteiger partial charge < -0.3 is 10.2 Å². The number of aliphatic hydroxyl groups excluding tert-OH is 1. The van der Waals surface area contributed by atoms with Crippen LogP contribution in [0.15, 0.2) is 0 Å². The SMILES string of the molecule is O=C(O)CCC1CCCC1.OCC1CCC1. The number of hydrogen-bond donors (Lipinski definition) is 2. The Morgan fingerprint density at radius 2 is 1.56 bits per heavy atom. The average molecular weight is 228 g/mol. The van der Waals surface area contributed by atoms with Crippen LogP contribution in [0.25, 0.3) is 0 Å². The predicted octanol–water partition coefficient (Wildman–Crippen LogP) is 2.82. The zero-order valence-corrected chi connectivity index (χ0v) is 10.0. The van der Waals surface area contributed by atoms with Crippen LogP contribution in [0.2, 0.25) is 0 Å². The summed E-state index contributed by atoms with van der Waals surface area (Å²) in [4.78, 5) is 10.2. The summed E-state index contributed by atoms with van der Waals surface area (Å²) in [5, 5.41) is 16.8. The molecular formula is C13H24O3. The predicted molar refractivity (Wildman–Crippen MR) is 63.3 cm³/mol. The number of carboxylic acids is 1. The maximum absolute atomic E-state index is 10.2. The molecule has 2 rings (SSSR count). The van der Waals surface area contributed by atoms with E-state index in [0.717, 1.165) is 12.3 Å². The molecule has 0 atom stereocenters. The van der Waals surface area contributed by atoms with E-state index in [9.17, 15) is 4.79 Å². The third kappa shape index (κ3) is 5.50. The van der Waals surface area contributed by atoms with E-state index in [4.69, 9.17) is 10.2 Å². The van der Waals surface area contributed by atoms with Crippen LogP contribution in [0.4, 0.5) is 0 Å². The quantitative estimate of drug-likeness (QED) is 0.778. The van der Waals surface area contributed by atoms with Crippen LogP contribution in [-0.2, 0) is 4.79 Å². The molecule has 0 unspecified atom stereocenters. The first kappa shape index (κ1) is 13.5. The number of aliphatic carboxylic acids is 1. The van der Waals surface area contributed by atoms with Gasteiger partial charge in [-0.3, -0.25) is 4.79 Å². The Morgan fingerprint density at radius 1 is 1.00 bits per heavy atom. The van der Waals surface area contributed by atoms with Crippen LogP contribution in [-0.4, -0.2) is 22.8 Å². The van der Waals surface area contributed by atoms with Gasteiger partial charge in [0.15, 0.2) is 0 Å². The van der Waals surface area contributed by atoms with Crippen molar-refractivity contribution in [3.05, 3.63) is 0 Å². The Hall–Kier alpha value is -0.570. The molecule has 0 aliphatic heterocycles. The van der Waals surface area contributed by atoms with Crippen molar-refractivity contribution < 1.29 is 15.0 Å². The van der Waals surface area contributed by atoms with E-state index in [1.807, 2.05) is 0 Å². The molecule has 0 saturated heterocycles. The molecule has 0 aromatic rings. The van der Waals surface area contributed by atoms with Crippen LogP contribution in [0, 0.1) is 11.8 Å². The standard InChI is InChI=1S/C8H14O2.C5H10O/c9-8(10)6-5-7-3-1-2-4-7;6-4-5-2-1-3-5/h7H,1-6H2,(H,9,10);5-6H,1-4H2. The van der Waals surface area contributed by atoms with Crippen molar-refractivity contribution in [1.29, 1.82) is 0 Å². The average Bonchev–Trinajstić information content (AvgIpc) is 2.66. The molecule has 2 aliphatic carbocycles. The first-order valence-corrected chi connectivity index (χ1v) is 6.55. The Morgan fingerprint density at radius 3 is 1.88 bits per heavy atom. The molecule has 2 fully saturated rings. The highest BCUT2D eigenvalue weighted by atomic mass is 16.4. The molecule has 2 saturated carbocycles. The van der Waals surface area contributed by atoms with E-state index in [0.29, 0.717) is 18.9 Å². The van der Waals surface area contributed by atoms with Gasteiger partial charge in [0, 0.05) is 13.0 Å². The second-order valence-electron chi connectivity index (χ2n) is 5.06. The van der Waals surface area contributed by atoms with E-state index < -0.39 is 5.97 Å². The van der Waals surface area contributed by atoms with E-state index in [2.05, 4.69) is 0 Å². The van der Waals surface area contributed by atoms with Crippen LogP contribution in [0.3, 0.4) is 0 Å². The molecule has 0 bridgehead atoms. The van der Waals surface area contributed by atoms with Crippen LogP contribution in [0.1, 0.15) is 57.8 Å². The summed E-state index contributed by atoms with van der Waals surface area (Å²) in [6.07, 6.45) is 10.3. The Kier molecular flexibility index (Phi) is 6.46. The zero-order chi connectivity index (χ0) is 11.8. The van der Waals surface area contributed by atoms with Gasteiger partial charge in [-0.05, 0) is 31.1 Å². The lowest BCUT2D eigenvalue weighted by molar-refractivity contribution is -0.137. The lowest BCUT2D eigenvalue weighted by Crippen LogP contribution is -2.14.